The second-order valence-corrected chi connectivity index (χ2v) is 6.21. The van der Waals surface area contributed by atoms with Crippen LogP contribution in [-0.4, -0.2) is 9.55 Å². The zero-order valence-electron chi connectivity index (χ0n) is 13.6. The topological polar surface area (TPSA) is 31.0 Å². The first-order valence-electron chi connectivity index (χ1n) is 8.06. The Morgan fingerprint density at radius 2 is 1.62 bits per heavy atom. The molecule has 0 N–H and O–H groups in total. The van der Waals surface area contributed by atoms with E-state index in [0.29, 0.717) is 0 Å². The Hall–Kier alpha value is -3.07. The van der Waals surface area contributed by atoms with Crippen LogP contribution in [0.4, 0.5) is 0 Å². The smallest absolute Gasteiger partial charge is 0.147 e. The van der Waals surface area contributed by atoms with Gasteiger partial charge in [-0.15, -0.1) is 0 Å². The third-order valence-corrected chi connectivity index (χ3v) is 4.84. The van der Waals surface area contributed by atoms with Crippen LogP contribution < -0.4 is 0 Å². The summed E-state index contributed by atoms with van der Waals surface area (Å²) in [6, 6.07) is 16.8. The van der Waals surface area contributed by atoms with E-state index in [1.807, 2.05) is 36.1 Å². The van der Waals surface area contributed by atoms with E-state index in [9.17, 15) is 0 Å². The van der Waals surface area contributed by atoms with Gasteiger partial charge in [0.25, 0.3) is 0 Å². The van der Waals surface area contributed by atoms with Crippen LogP contribution in [-0.2, 0) is 7.05 Å². The zero-order valence-corrected chi connectivity index (χ0v) is 13.6. The van der Waals surface area contributed by atoms with Gasteiger partial charge in [-0.2, -0.15) is 0 Å². The van der Waals surface area contributed by atoms with Crippen molar-refractivity contribution in [2.24, 2.45) is 7.05 Å². The molecule has 0 atom stereocenters. The molecule has 0 amide bonds. The van der Waals surface area contributed by atoms with Crippen molar-refractivity contribution in [3.05, 3.63) is 66.5 Å². The van der Waals surface area contributed by atoms with Gasteiger partial charge >= 0.3 is 0 Å². The molecule has 0 aliphatic heterocycles. The first kappa shape index (κ1) is 13.4. The Balaban J connectivity index is 2.12. The van der Waals surface area contributed by atoms with Crippen molar-refractivity contribution in [2.75, 3.05) is 0 Å². The maximum Gasteiger partial charge on any atom is 0.147 e. The normalized spacial score (nSPS) is 11.8. The van der Waals surface area contributed by atoms with E-state index in [1.54, 1.807) is 0 Å². The van der Waals surface area contributed by atoms with Crippen LogP contribution in [0.25, 0.3) is 44.1 Å². The van der Waals surface area contributed by atoms with E-state index in [0.717, 1.165) is 27.9 Å². The summed E-state index contributed by atoms with van der Waals surface area (Å²) < 4.78 is 8.34. The Labute approximate surface area is 139 Å². The summed E-state index contributed by atoms with van der Waals surface area (Å²) in [7, 11) is 2.02. The average molecular weight is 312 g/mol. The van der Waals surface area contributed by atoms with Crippen LogP contribution in [0.1, 0.15) is 5.56 Å². The van der Waals surface area contributed by atoms with Crippen LogP contribution in [0.5, 0.6) is 0 Å². The molecule has 0 aliphatic rings. The van der Waals surface area contributed by atoms with E-state index in [-0.39, 0.29) is 0 Å². The lowest BCUT2D eigenvalue weighted by atomic mass is 9.94. The molecule has 2 aromatic heterocycles. The molecule has 5 rings (SSSR count). The molecule has 0 bridgehead atoms. The molecular formula is C21H16N2O. The molecule has 0 aliphatic carbocycles. The summed E-state index contributed by atoms with van der Waals surface area (Å²) in [6.45, 7) is 2.15. The molecule has 0 spiro atoms. The minimum atomic E-state index is 0.915. The summed E-state index contributed by atoms with van der Waals surface area (Å²) in [6.07, 6.45) is 3.80. The molecule has 24 heavy (non-hydrogen) atoms. The van der Waals surface area contributed by atoms with Crippen molar-refractivity contribution < 1.29 is 4.42 Å². The molecule has 5 aromatic rings. The fourth-order valence-corrected chi connectivity index (χ4v) is 3.70. The lowest BCUT2D eigenvalue weighted by Crippen LogP contribution is -1.95. The molecule has 0 unspecified atom stereocenters. The second-order valence-electron chi connectivity index (χ2n) is 6.21. The summed E-state index contributed by atoms with van der Waals surface area (Å²) in [5.74, 6) is 0.933. The highest BCUT2D eigenvalue weighted by atomic mass is 16.3. The van der Waals surface area contributed by atoms with Gasteiger partial charge in [0.1, 0.15) is 17.0 Å². The van der Waals surface area contributed by atoms with E-state index in [2.05, 4.69) is 48.3 Å². The highest BCUT2D eigenvalue weighted by molar-refractivity contribution is 6.23. The highest BCUT2D eigenvalue weighted by Gasteiger charge is 2.20. The van der Waals surface area contributed by atoms with Crippen molar-refractivity contribution in [3.8, 4) is 11.4 Å². The number of para-hydroxylation sites is 1. The molecule has 0 saturated heterocycles. The number of rotatable bonds is 1. The average Bonchev–Trinajstić information content (AvgIpc) is 3.19. The van der Waals surface area contributed by atoms with Gasteiger partial charge < -0.3 is 8.98 Å². The van der Waals surface area contributed by atoms with Gasteiger partial charge in [0.2, 0.25) is 0 Å². The number of aromatic nitrogens is 2. The van der Waals surface area contributed by atoms with Gasteiger partial charge in [-0.25, -0.2) is 4.98 Å². The van der Waals surface area contributed by atoms with E-state index in [1.165, 1.54) is 21.7 Å². The first-order valence-corrected chi connectivity index (χ1v) is 8.06. The third kappa shape index (κ3) is 1.64. The predicted octanol–water partition coefficient (Wildman–Crippen LogP) is 5.45. The number of aryl methyl sites for hydroxylation is 2. The minimum absolute atomic E-state index is 0.915. The molecule has 2 heterocycles. The molecule has 3 heteroatoms. The number of nitrogens with zero attached hydrogens (tertiary/aromatic N) is 2. The molecule has 0 radical (unpaired) electrons. The van der Waals surface area contributed by atoms with Gasteiger partial charge in [-0.05, 0) is 29.3 Å². The number of imidazole rings is 1. The first-order chi connectivity index (χ1) is 11.8. The van der Waals surface area contributed by atoms with Crippen molar-refractivity contribution in [1.29, 1.82) is 0 Å². The number of benzene rings is 3. The predicted molar refractivity (Wildman–Crippen MR) is 98.2 cm³/mol. The molecule has 3 nitrogen and oxygen atoms in total. The monoisotopic (exact) mass is 312 g/mol. The number of hydrogen-bond acceptors (Lipinski definition) is 2. The van der Waals surface area contributed by atoms with Gasteiger partial charge in [-0.3, -0.25) is 0 Å². The van der Waals surface area contributed by atoms with Crippen LogP contribution in [0, 0.1) is 6.92 Å². The standard InChI is InChI=1S/C21H16N2O/c1-13-14-7-3-4-8-15(14)19-16-9-5-6-10-17(16)24-20(19)18(13)21-22-11-12-23(21)2/h3-12H,1-2H3. The number of hydrogen-bond donors (Lipinski definition) is 0. The second kappa shape index (κ2) is 4.71. The summed E-state index contributed by atoms with van der Waals surface area (Å²) in [5, 5.41) is 4.80. The molecule has 0 saturated carbocycles. The molecule has 0 fully saturated rings. The summed E-state index contributed by atoms with van der Waals surface area (Å²) in [4.78, 5) is 4.58. The van der Waals surface area contributed by atoms with Gasteiger partial charge in [0, 0.05) is 30.2 Å². The Morgan fingerprint density at radius 1 is 0.917 bits per heavy atom. The van der Waals surface area contributed by atoms with Crippen molar-refractivity contribution in [1.82, 2.24) is 9.55 Å². The van der Waals surface area contributed by atoms with E-state index < -0.39 is 0 Å². The zero-order chi connectivity index (χ0) is 16.3. The van der Waals surface area contributed by atoms with Crippen LogP contribution >= 0.6 is 0 Å². The largest absolute Gasteiger partial charge is 0.455 e. The van der Waals surface area contributed by atoms with E-state index >= 15 is 0 Å². The Morgan fingerprint density at radius 3 is 2.38 bits per heavy atom. The Bertz CT molecular complexity index is 1230. The fourth-order valence-electron chi connectivity index (χ4n) is 3.70. The number of furan rings is 1. The summed E-state index contributed by atoms with van der Waals surface area (Å²) >= 11 is 0. The van der Waals surface area contributed by atoms with Crippen molar-refractivity contribution in [2.45, 2.75) is 6.92 Å². The van der Waals surface area contributed by atoms with Crippen molar-refractivity contribution >= 4 is 32.7 Å². The van der Waals surface area contributed by atoms with Gasteiger partial charge in [0.15, 0.2) is 0 Å². The highest BCUT2D eigenvalue weighted by Crippen LogP contribution is 2.42. The fraction of sp³-hybridized carbons (Fsp3) is 0.0952. The third-order valence-electron chi connectivity index (χ3n) is 4.84. The maximum absolute atomic E-state index is 6.30. The lowest BCUT2D eigenvalue weighted by Gasteiger charge is -2.11. The summed E-state index contributed by atoms with van der Waals surface area (Å²) in [5.41, 5.74) is 4.11. The van der Waals surface area contributed by atoms with Crippen LogP contribution in [0.2, 0.25) is 0 Å². The lowest BCUT2D eigenvalue weighted by molar-refractivity contribution is 0.669. The minimum Gasteiger partial charge on any atom is -0.455 e. The van der Waals surface area contributed by atoms with Crippen molar-refractivity contribution in [3.63, 3.8) is 0 Å². The Kier molecular flexibility index (Phi) is 2.63. The SMILES string of the molecule is Cc1c(-c2nccn2C)c2oc3ccccc3c2c2ccccc12. The molecule has 3 aromatic carbocycles. The van der Waals surface area contributed by atoms with E-state index in [4.69, 9.17) is 4.42 Å². The van der Waals surface area contributed by atoms with Crippen LogP contribution in [0.3, 0.4) is 0 Å². The van der Waals surface area contributed by atoms with Crippen LogP contribution in [0.15, 0.2) is 65.3 Å². The quantitative estimate of drug-likeness (QED) is 0.412. The maximum atomic E-state index is 6.30. The van der Waals surface area contributed by atoms with Gasteiger partial charge in [-0.1, -0.05) is 42.5 Å². The number of fused-ring (bicyclic) bond motifs is 5. The molecule has 116 valence electrons. The van der Waals surface area contributed by atoms with Gasteiger partial charge in [0.05, 0.1) is 5.56 Å². The molecular weight excluding hydrogens is 296 g/mol.